The number of phosphoric acid groups is 1. The Balaban J connectivity index is 3.75. The van der Waals surface area contributed by atoms with E-state index < -0.39 is 13.9 Å². The van der Waals surface area contributed by atoms with Crippen molar-refractivity contribution in [1.29, 1.82) is 0 Å². The van der Waals surface area contributed by atoms with Crippen LogP contribution in [0.2, 0.25) is 0 Å². The molecule has 0 radical (unpaired) electrons. The zero-order chi connectivity index (χ0) is 8.20. The Hall–Kier alpha value is 0.590. The first-order chi connectivity index (χ1) is 4.49. The fourth-order valence-corrected chi connectivity index (χ4v) is 1.81. The maximum absolute atomic E-state index is 10.2. The first kappa shape index (κ1) is 10.6. The average molecular weight is 233 g/mol. The van der Waals surface area contributed by atoms with Crippen molar-refractivity contribution in [1.82, 2.24) is 0 Å². The molecule has 0 aliphatic carbocycles. The fourth-order valence-electron chi connectivity index (χ4n) is 0.406. The molecule has 0 aliphatic heterocycles. The molecule has 0 bridgehead atoms. The van der Waals surface area contributed by atoms with Gasteiger partial charge >= 0.3 is 7.82 Å². The van der Waals surface area contributed by atoms with Gasteiger partial charge in [0, 0.05) is 5.33 Å². The first-order valence-electron chi connectivity index (χ1n) is 2.79. The molecule has 10 heavy (non-hydrogen) atoms. The summed E-state index contributed by atoms with van der Waals surface area (Å²) in [6.07, 6.45) is 0.178. The average Bonchev–Trinajstić information content (AvgIpc) is 1.81. The van der Waals surface area contributed by atoms with Crippen LogP contribution in [0.15, 0.2) is 0 Å². The van der Waals surface area contributed by atoms with Gasteiger partial charge in [0.2, 0.25) is 0 Å². The highest BCUT2D eigenvalue weighted by molar-refractivity contribution is 9.09. The van der Waals surface area contributed by atoms with Gasteiger partial charge in [-0.05, 0) is 6.42 Å². The van der Waals surface area contributed by atoms with Gasteiger partial charge < -0.3 is 9.79 Å². The largest absolute Gasteiger partial charge is 0.469 e. The summed E-state index contributed by atoms with van der Waals surface area (Å²) in [5.41, 5.74) is 0. The summed E-state index contributed by atoms with van der Waals surface area (Å²) in [4.78, 5) is 16.6. The zero-order valence-corrected chi connectivity index (χ0v) is 8.01. The van der Waals surface area contributed by atoms with Crippen LogP contribution in [0.4, 0.5) is 0 Å². The molecule has 0 aromatic carbocycles. The van der Waals surface area contributed by atoms with Crippen molar-refractivity contribution in [3.05, 3.63) is 0 Å². The van der Waals surface area contributed by atoms with Crippen LogP contribution in [0.5, 0.6) is 0 Å². The van der Waals surface area contributed by atoms with Crippen molar-refractivity contribution in [2.24, 2.45) is 0 Å². The summed E-state index contributed by atoms with van der Waals surface area (Å²) >= 11 is 3.06. The Bertz CT molecular complexity index is 129. The summed E-state index contributed by atoms with van der Waals surface area (Å²) in [5, 5.41) is 0.439. The number of alkyl halides is 1. The maximum atomic E-state index is 10.2. The second-order valence-corrected chi connectivity index (χ2v) is 3.62. The van der Waals surface area contributed by atoms with Crippen LogP contribution in [0.3, 0.4) is 0 Å². The lowest BCUT2D eigenvalue weighted by molar-refractivity contribution is 0.145. The minimum Gasteiger partial charge on any atom is -0.303 e. The molecule has 1 unspecified atom stereocenters. The van der Waals surface area contributed by atoms with E-state index in [0.717, 1.165) is 0 Å². The van der Waals surface area contributed by atoms with Gasteiger partial charge in [-0.25, -0.2) is 4.57 Å². The number of hydrogen-bond donors (Lipinski definition) is 2. The van der Waals surface area contributed by atoms with Crippen LogP contribution in [0, 0.1) is 0 Å². The van der Waals surface area contributed by atoms with Gasteiger partial charge in [-0.3, -0.25) is 4.52 Å². The monoisotopic (exact) mass is 232 g/mol. The van der Waals surface area contributed by atoms with Crippen molar-refractivity contribution in [3.8, 4) is 0 Å². The number of rotatable bonds is 4. The molecular formula is C4H10BrO4P. The maximum Gasteiger partial charge on any atom is 0.469 e. The van der Waals surface area contributed by atoms with Gasteiger partial charge in [0.1, 0.15) is 0 Å². The molecule has 62 valence electrons. The molecule has 0 rings (SSSR count). The molecule has 4 nitrogen and oxygen atoms in total. The smallest absolute Gasteiger partial charge is 0.303 e. The highest BCUT2D eigenvalue weighted by atomic mass is 79.9. The zero-order valence-electron chi connectivity index (χ0n) is 5.53. The Morgan fingerprint density at radius 3 is 2.30 bits per heavy atom. The van der Waals surface area contributed by atoms with E-state index in [1.54, 1.807) is 6.92 Å². The van der Waals surface area contributed by atoms with E-state index in [2.05, 4.69) is 20.5 Å². The van der Waals surface area contributed by atoms with Crippen molar-refractivity contribution in [2.45, 2.75) is 19.4 Å². The van der Waals surface area contributed by atoms with Crippen LogP contribution in [-0.4, -0.2) is 21.2 Å². The van der Waals surface area contributed by atoms with E-state index >= 15 is 0 Å². The Morgan fingerprint density at radius 1 is 1.70 bits per heavy atom. The summed E-state index contributed by atoms with van der Waals surface area (Å²) < 4.78 is 14.6. The van der Waals surface area contributed by atoms with Crippen LogP contribution >= 0.6 is 23.8 Å². The predicted molar refractivity (Wildman–Crippen MR) is 41.0 cm³/mol. The Kier molecular flexibility index (Phi) is 4.73. The van der Waals surface area contributed by atoms with E-state index in [1.165, 1.54) is 0 Å². The third-order valence-electron chi connectivity index (χ3n) is 0.914. The summed E-state index contributed by atoms with van der Waals surface area (Å²) in [7, 11) is -4.28. The number of hydrogen-bond acceptors (Lipinski definition) is 2. The molecule has 0 aliphatic rings. The quantitative estimate of drug-likeness (QED) is 0.566. The number of phosphoric ester groups is 1. The molecular weight excluding hydrogens is 223 g/mol. The summed E-state index contributed by atoms with van der Waals surface area (Å²) in [5.74, 6) is 0. The molecule has 0 spiro atoms. The van der Waals surface area contributed by atoms with E-state index in [9.17, 15) is 4.57 Å². The van der Waals surface area contributed by atoms with Gasteiger partial charge in [0.05, 0.1) is 6.10 Å². The van der Waals surface area contributed by atoms with Gasteiger partial charge in [0.25, 0.3) is 0 Å². The standard InChI is InChI=1S/C4H10BrO4P/c1-2-4(3-5)9-10(6,7)8/h4H,2-3H2,1H3,(H2,6,7,8). The van der Waals surface area contributed by atoms with E-state index in [4.69, 9.17) is 9.79 Å². The SMILES string of the molecule is CCC(CBr)OP(=O)(O)O. The van der Waals surface area contributed by atoms with Gasteiger partial charge in [0.15, 0.2) is 0 Å². The minimum atomic E-state index is -4.28. The second kappa shape index (κ2) is 4.46. The molecule has 0 saturated heterocycles. The lowest BCUT2D eigenvalue weighted by Crippen LogP contribution is -2.10. The number of halogens is 1. The highest BCUT2D eigenvalue weighted by Crippen LogP contribution is 2.38. The third kappa shape index (κ3) is 5.38. The molecule has 0 amide bonds. The molecule has 0 aromatic heterocycles. The second-order valence-electron chi connectivity index (χ2n) is 1.78. The first-order valence-corrected chi connectivity index (χ1v) is 5.44. The Morgan fingerprint density at radius 2 is 2.20 bits per heavy atom. The predicted octanol–water partition coefficient (Wildman–Crippen LogP) is 1.27. The topological polar surface area (TPSA) is 66.8 Å². The third-order valence-corrected chi connectivity index (χ3v) is 2.21. The van der Waals surface area contributed by atoms with E-state index in [-0.39, 0.29) is 0 Å². The molecule has 0 saturated carbocycles. The van der Waals surface area contributed by atoms with Gasteiger partial charge in [-0.1, -0.05) is 22.9 Å². The van der Waals surface area contributed by atoms with Crippen LogP contribution < -0.4 is 0 Å². The van der Waals surface area contributed by atoms with Crippen molar-refractivity contribution in [3.63, 3.8) is 0 Å². The van der Waals surface area contributed by atoms with Crippen LogP contribution in [-0.2, 0) is 9.09 Å². The lowest BCUT2D eigenvalue weighted by atomic mass is 10.3. The highest BCUT2D eigenvalue weighted by Gasteiger charge is 2.19. The van der Waals surface area contributed by atoms with Gasteiger partial charge in [-0.2, -0.15) is 0 Å². The van der Waals surface area contributed by atoms with Crippen LogP contribution in [0.1, 0.15) is 13.3 Å². The molecule has 1 atom stereocenters. The molecule has 0 heterocycles. The van der Waals surface area contributed by atoms with E-state index in [1.807, 2.05) is 0 Å². The normalized spacial score (nSPS) is 15.2. The Labute approximate surface area is 68.0 Å². The molecule has 0 fully saturated rings. The van der Waals surface area contributed by atoms with E-state index in [0.29, 0.717) is 11.8 Å². The van der Waals surface area contributed by atoms with Crippen molar-refractivity contribution >= 4 is 23.8 Å². The van der Waals surface area contributed by atoms with Crippen LogP contribution in [0.25, 0.3) is 0 Å². The van der Waals surface area contributed by atoms with Crippen molar-refractivity contribution in [2.75, 3.05) is 5.33 Å². The molecule has 2 N–H and O–H groups in total. The summed E-state index contributed by atoms with van der Waals surface area (Å²) in [6, 6.07) is 0. The molecule has 6 heteroatoms. The van der Waals surface area contributed by atoms with Gasteiger partial charge in [-0.15, -0.1) is 0 Å². The minimum absolute atomic E-state index is 0.402. The summed E-state index contributed by atoms with van der Waals surface area (Å²) in [6.45, 7) is 1.79. The molecule has 0 aromatic rings. The lowest BCUT2D eigenvalue weighted by Gasteiger charge is -2.12. The fraction of sp³-hybridized carbons (Fsp3) is 1.00. The van der Waals surface area contributed by atoms with Crippen molar-refractivity contribution < 1.29 is 18.9 Å².